The van der Waals surface area contributed by atoms with Gasteiger partial charge in [-0.1, -0.05) is 59.3 Å². The number of amides is 1. The summed E-state index contributed by atoms with van der Waals surface area (Å²) in [5.41, 5.74) is 3.10. The van der Waals surface area contributed by atoms with E-state index in [9.17, 15) is 9.59 Å². The molecule has 28 heavy (non-hydrogen) atoms. The number of anilines is 1. The lowest BCUT2D eigenvalue weighted by molar-refractivity contribution is -0.116. The van der Waals surface area contributed by atoms with E-state index in [1.54, 1.807) is 6.92 Å². The number of nitrogens with zero attached hydrogens (tertiary/aromatic N) is 2. The Morgan fingerprint density at radius 2 is 1.86 bits per heavy atom. The van der Waals surface area contributed by atoms with E-state index in [0.717, 1.165) is 11.1 Å². The molecule has 0 unspecified atom stereocenters. The molecular weight excluding hydrogens is 394 g/mol. The van der Waals surface area contributed by atoms with Crippen LogP contribution < -0.4 is 10.9 Å². The Bertz CT molecular complexity index is 1050. The van der Waals surface area contributed by atoms with Crippen LogP contribution in [0, 0.1) is 13.8 Å². The van der Waals surface area contributed by atoms with Gasteiger partial charge in [-0.2, -0.15) is 0 Å². The number of halogens is 1. The van der Waals surface area contributed by atoms with Crippen molar-refractivity contribution >= 4 is 35.0 Å². The number of rotatable bonds is 6. The van der Waals surface area contributed by atoms with Crippen molar-refractivity contribution in [1.82, 2.24) is 9.55 Å². The van der Waals surface area contributed by atoms with Crippen molar-refractivity contribution in [2.24, 2.45) is 0 Å². The van der Waals surface area contributed by atoms with Gasteiger partial charge < -0.3 is 5.32 Å². The van der Waals surface area contributed by atoms with E-state index in [0.29, 0.717) is 27.3 Å². The molecule has 1 amide bonds. The highest BCUT2D eigenvalue weighted by Crippen LogP contribution is 2.25. The molecule has 0 saturated carbocycles. The van der Waals surface area contributed by atoms with Crippen LogP contribution in [0.15, 0.2) is 64.5 Å². The maximum absolute atomic E-state index is 12.5. The largest absolute Gasteiger partial charge is 0.325 e. The molecule has 2 aromatic carbocycles. The summed E-state index contributed by atoms with van der Waals surface area (Å²) in [6.07, 6.45) is 0. The van der Waals surface area contributed by atoms with Crippen LogP contribution in [0.4, 0.5) is 5.69 Å². The molecule has 0 atom stereocenters. The summed E-state index contributed by atoms with van der Waals surface area (Å²) >= 11 is 7.59. The van der Waals surface area contributed by atoms with Crippen molar-refractivity contribution in [1.29, 1.82) is 0 Å². The lowest BCUT2D eigenvalue weighted by atomic mass is 10.2. The van der Waals surface area contributed by atoms with Crippen molar-refractivity contribution in [3.63, 3.8) is 0 Å². The number of hydrogen-bond acceptors (Lipinski definition) is 4. The van der Waals surface area contributed by atoms with E-state index in [1.807, 2.05) is 55.5 Å². The number of aryl methyl sites for hydroxylation is 2. The highest BCUT2D eigenvalue weighted by molar-refractivity contribution is 7.98. The minimum Gasteiger partial charge on any atom is -0.325 e. The van der Waals surface area contributed by atoms with Gasteiger partial charge in [0, 0.05) is 28.2 Å². The standard InChI is InChI=1S/C21H20ClN3O2S/c1-14-7-9-17(10-8-14)24-19(26)12-25-20(27)11-15(2)23-21(25)28-13-16-5-3-4-6-18(16)22/h3-11H,12-13H2,1-2H3,(H,24,26). The Balaban J connectivity index is 1.78. The Kier molecular flexibility index (Phi) is 6.54. The molecular formula is C21H20ClN3O2S. The average molecular weight is 414 g/mol. The first-order valence-corrected chi connectivity index (χ1v) is 10.1. The molecule has 0 saturated heterocycles. The van der Waals surface area contributed by atoms with Crippen LogP contribution in [0.3, 0.4) is 0 Å². The summed E-state index contributed by atoms with van der Waals surface area (Å²) in [7, 11) is 0. The molecule has 0 fully saturated rings. The van der Waals surface area contributed by atoms with Crippen LogP contribution in [0.2, 0.25) is 5.02 Å². The zero-order valence-electron chi connectivity index (χ0n) is 15.6. The Morgan fingerprint density at radius 3 is 2.57 bits per heavy atom. The third-order valence-electron chi connectivity index (χ3n) is 4.05. The number of carbonyl (C=O) groups is 1. The van der Waals surface area contributed by atoms with Gasteiger partial charge in [0.1, 0.15) is 6.54 Å². The smallest absolute Gasteiger partial charge is 0.254 e. The molecule has 0 spiro atoms. The fourth-order valence-corrected chi connectivity index (χ4v) is 3.93. The van der Waals surface area contributed by atoms with E-state index in [1.165, 1.54) is 22.4 Å². The van der Waals surface area contributed by atoms with E-state index in [-0.39, 0.29) is 18.0 Å². The minimum atomic E-state index is -0.281. The van der Waals surface area contributed by atoms with E-state index in [4.69, 9.17) is 11.6 Å². The SMILES string of the molecule is Cc1ccc(NC(=O)Cn2c(SCc3ccccc3Cl)nc(C)cc2=O)cc1. The van der Waals surface area contributed by atoms with Crippen molar-refractivity contribution in [2.45, 2.75) is 31.3 Å². The highest BCUT2D eigenvalue weighted by atomic mass is 35.5. The second kappa shape index (κ2) is 9.08. The van der Waals surface area contributed by atoms with Gasteiger partial charge in [0.05, 0.1) is 0 Å². The minimum absolute atomic E-state index is 0.106. The van der Waals surface area contributed by atoms with Gasteiger partial charge in [-0.15, -0.1) is 0 Å². The summed E-state index contributed by atoms with van der Waals surface area (Å²) in [6, 6.07) is 16.5. The van der Waals surface area contributed by atoms with Crippen LogP contribution in [-0.4, -0.2) is 15.5 Å². The zero-order valence-corrected chi connectivity index (χ0v) is 17.2. The van der Waals surface area contributed by atoms with Crippen LogP contribution in [0.1, 0.15) is 16.8 Å². The van der Waals surface area contributed by atoms with E-state index < -0.39 is 0 Å². The van der Waals surface area contributed by atoms with Gasteiger partial charge in [-0.3, -0.25) is 14.2 Å². The highest BCUT2D eigenvalue weighted by Gasteiger charge is 2.13. The maximum Gasteiger partial charge on any atom is 0.254 e. The Morgan fingerprint density at radius 1 is 1.14 bits per heavy atom. The number of aromatic nitrogens is 2. The van der Waals surface area contributed by atoms with E-state index in [2.05, 4.69) is 10.3 Å². The Hall–Kier alpha value is -2.57. The first-order chi connectivity index (χ1) is 13.4. The fraction of sp³-hybridized carbons (Fsp3) is 0.190. The van der Waals surface area contributed by atoms with Gasteiger partial charge in [0.25, 0.3) is 5.56 Å². The fourth-order valence-electron chi connectivity index (χ4n) is 2.59. The molecule has 0 aliphatic carbocycles. The molecule has 0 aliphatic rings. The van der Waals surface area contributed by atoms with Gasteiger partial charge in [0.15, 0.2) is 5.16 Å². The summed E-state index contributed by atoms with van der Waals surface area (Å²) in [6.45, 7) is 3.63. The van der Waals surface area contributed by atoms with Crippen LogP contribution in [-0.2, 0) is 17.1 Å². The number of carbonyl (C=O) groups excluding carboxylic acids is 1. The first kappa shape index (κ1) is 20.2. The number of hydrogen-bond donors (Lipinski definition) is 1. The summed E-state index contributed by atoms with van der Waals surface area (Å²) < 4.78 is 1.39. The second-order valence-corrected chi connectivity index (χ2v) is 7.75. The summed E-state index contributed by atoms with van der Waals surface area (Å²) in [5, 5.41) is 3.96. The van der Waals surface area contributed by atoms with Crippen LogP contribution in [0.5, 0.6) is 0 Å². The monoisotopic (exact) mass is 413 g/mol. The molecule has 0 bridgehead atoms. The lowest BCUT2D eigenvalue weighted by Gasteiger charge is -2.13. The van der Waals surface area contributed by atoms with Crippen molar-refractivity contribution in [2.75, 3.05) is 5.32 Å². The molecule has 0 radical (unpaired) electrons. The predicted molar refractivity (Wildman–Crippen MR) is 114 cm³/mol. The number of thioether (sulfide) groups is 1. The van der Waals surface area contributed by atoms with Gasteiger partial charge in [-0.25, -0.2) is 4.98 Å². The van der Waals surface area contributed by atoms with Crippen molar-refractivity contribution < 1.29 is 4.79 Å². The number of nitrogens with one attached hydrogen (secondary N) is 1. The first-order valence-electron chi connectivity index (χ1n) is 8.73. The predicted octanol–water partition coefficient (Wildman–Crippen LogP) is 4.44. The zero-order chi connectivity index (χ0) is 20.1. The summed E-state index contributed by atoms with van der Waals surface area (Å²) in [4.78, 5) is 29.4. The quantitative estimate of drug-likeness (QED) is 0.479. The molecule has 3 rings (SSSR count). The molecule has 7 heteroatoms. The summed E-state index contributed by atoms with van der Waals surface area (Å²) in [5.74, 6) is 0.269. The molecule has 3 aromatic rings. The third kappa shape index (κ3) is 5.24. The van der Waals surface area contributed by atoms with Crippen molar-refractivity contribution in [3.05, 3.63) is 86.8 Å². The molecule has 1 aromatic heterocycles. The van der Waals surface area contributed by atoms with Gasteiger partial charge in [0.2, 0.25) is 5.91 Å². The third-order valence-corrected chi connectivity index (χ3v) is 5.45. The molecule has 144 valence electrons. The second-order valence-electron chi connectivity index (χ2n) is 6.40. The van der Waals surface area contributed by atoms with Crippen molar-refractivity contribution in [3.8, 4) is 0 Å². The lowest BCUT2D eigenvalue weighted by Crippen LogP contribution is -2.29. The molecule has 1 N–H and O–H groups in total. The Labute approximate surface area is 172 Å². The van der Waals surface area contributed by atoms with E-state index >= 15 is 0 Å². The maximum atomic E-state index is 12.5. The van der Waals surface area contributed by atoms with Crippen LogP contribution >= 0.6 is 23.4 Å². The van der Waals surface area contributed by atoms with Gasteiger partial charge >= 0.3 is 0 Å². The average Bonchev–Trinajstić information content (AvgIpc) is 2.65. The normalized spacial score (nSPS) is 10.7. The molecule has 5 nitrogen and oxygen atoms in total. The molecule has 1 heterocycles. The molecule has 0 aliphatic heterocycles. The van der Waals surface area contributed by atoms with Crippen LogP contribution in [0.25, 0.3) is 0 Å². The topological polar surface area (TPSA) is 64.0 Å². The number of benzene rings is 2. The van der Waals surface area contributed by atoms with Gasteiger partial charge in [-0.05, 0) is 37.6 Å².